The molecule has 1 saturated heterocycles. The summed E-state index contributed by atoms with van der Waals surface area (Å²) in [5, 5.41) is 11.7. The van der Waals surface area contributed by atoms with Gasteiger partial charge in [-0.2, -0.15) is 0 Å². The van der Waals surface area contributed by atoms with Gasteiger partial charge >= 0.3 is 0 Å². The largest absolute Gasteiger partial charge is 0.495 e. The van der Waals surface area contributed by atoms with Gasteiger partial charge in [-0.25, -0.2) is 0 Å². The van der Waals surface area contributed by atoms with Crippen LogP contribution in [-0.2, 0) is 0 Å². The van der Waals surface area contributed by atoms with Crippen LogP contribution in [0, 0.1) is 11.8 Å². The van der Waals surface area contributed by atoms with E-state index >= 15 is 0 Å². The average Bonchev–Trinajstić information content (AvgIpc) is 2.76. The van der Waals surface area contributed by atoms with Crippen LogP contribution in [0.15, 0.2) is 24.3 Å². The van der Waals surface area contributed by atoms with Crippen LogP contribution in [0.4, 0.5) is 5.69 Å². The molecule has 0 radical (unpaired) electrons. The van der Waals surface area contributed by atoms with Crippen molar-refractivity contribution in [3.63, 3.8) is 0 Å². The second kappa shape index (κ2) is 9.70. The Morgan fingerprint density at radius 1 is 0.966 bits per heavy atom. The zero-order chi connectivity index (χ0) is 20.1. The molecule has 4 heteroatoms. The molecule has 2 saturated carbocycles. The zero-order valence-electron chi connectivity index (χ0n) is 18.3. The highest BCUT2D eigenvalue weighted by molar-refractivity contribution is 5.58. The van der Waals surface area contributed by atoms with Gasteiger partial charge in [0.15, 0.2) is 0 Å². The molecule has 29 heavy (non-hydrogen) atoms. The smallest absolute Gasteiger partial charge is 0.142 e. The number of benzene rings is 1. The Morgan fingerprint density at radius 2 is 1.69 bits per heavy atom. The van der Waals surface area contributed by atoms with E-state index in [4.69, 9.17) is 4.74 Å². The second-order valence-electron chi connectivity index (χ2n) is 9.71. The van der Waals surface area contributed by atoms with E-state index in [-0.39, 0.29) is 0 Å². The third-order valence-electron chi connectivity index (χ3n) is 7.82. The lowest BCUT2D eigenvalue weighted by Gasteiger charge is -2.46. The van der Waals surface area contributed by atoms with E-state index in [0.29, 0.717) is 5.92 Å². The minimum absolute atomic E-state index is 0.417. The summed E-state index contributed by atoms with van der Waals surface area (Å²) in [5.41, 5.74) is 0.793. The highest BCUT2D eigenvalue weighted by atomic mass is 16.5. The van der Waals surface area contributed by atoms with E-state index in [1.807, 2.05) is 6.07 Å². The van der Waals surface area contributed by atoms with Crippen LogP contribution >= 0.6 is 0 Å². The molecule has 1 N–H and O–H groups in total. The second-order valence-corrected chi connectivity index (χ2v) is 9.71. The summed E-state index contributed by atoms with van der Waals surface area (Å²) >= 11 is 0. The fourth-order valence-electron chi connectivity index (χ4n) is 6.09. The monoisotopic (exact) mass is 400 g/mol. The summed E-state index contributed by atoms with van der Waals surface area (Å²) in [7, 11) is 1.76. The molecule has 162 valence electrons. The molecule has 1 heterocycles. The van der Waals surface area contributed by atoms with Gasteiger partial charge in [0, 0.05) is 38.6 Å². The van der Waals surface area contributed by atoms with Gasteiger partial charge < -0.3 is 14.7 Å². The first-order chi connectivity index (χ1) is 14.2. The molecule has 1 aliphatic heterocycles. The summed E-state index contributed by atoms with van der Waals surface area (Å²) in [6, 6.07) is 8.35. The van der Waals surface area contributed by atoms with Gasteiger partial charge in [-0.1, -0.05) is 57.1 Å². The summed E-state index contributed by atoms with van der Waals surface area (Å²) in [6.07, 6.45) is 12.6. The summed E-state index contributed by atoms with van der Waals surface area (Å²) in [4.78, 5) is 5.05. The molecule has 4 nitrogen and oxygen atoms in total. The molecule has 3 fully saturated rings. The molecule has 1 aromatic carbocycles. The molecule has 2 aliphatic carbocycles. The molecule has 0 amide bonds. The molecule has 0 spiro atoms. The SMILES string of the molecule is COc1ccccc1N1CCN(CC2CCCCC2(O)CC2CCCCC2)CC1. The lowest BCUT2D eigenvalue weighted by Crippen LogP contribution is -2.52. The number of para-hydroxylation sites is 2. The summed E-state index contributed by atoms with van der Waals surface area (Å²) in [6.45, 7) is 5.30. The minimum atomic E-state index is -0.417. The lowest BCUT2D eigenvalue weighted by molar-refractivity contribution is -0.0789. The molecule has 0 bridgehead atoms. The first-order valence-corrected chi connectivity index (χ1v) is 12.0. The summed E-state index contributed by atoms with van der Waals surface area (Å²) in [5.74, 6) is 2.18. The lowest BCUT2D eigenvalue weighted by atomic mass is 9.68. The quantitative estimate of drug-likeness (QED) is 0.750. The van der Waals surface area contributed by atoms with Crippen LogP contribution in [-0.4, -0.2) is 55.4 Å². The highest BCUT2D eigenvalue weighted by Crippen LogP contribution is 2.42. The number of aliphatic hydroxyl groups is 1. The zero-order valence-corrected chi connectivity index (χ0v) is 18.3. The maximum Gasteiger partial charge on any atom is 0.142 e. The minimum Gasteiger partial charge on any atom is -0.495 e. The van der Waals surface area contributed by atoms with Crippen LogP contribution in [0.1, 0.15) is 64.2 Å². The van der Waals surface area contributed by atoms with E-state index in [2.05, 4.69) is 28.0 Å². The van der Waals surface area contributed by atoms with Crippen molar-refractivity contribution in [2.75, 3.05) is 44.7 Å². The molecular formula is C25H40N2O2. The molecule has 2 unspecified atom stereocenters. The maximum atomic E-state index is 11.7. The number of hydrogen-bond donors (Lipinski definition) is 1. The van der Waals surface area contributed by atoms with Crippen molar-refractivity contribution >= 4 is 5.69 Å². The van der Waals surface area contributed by atoms with Crippen LogP contribution in [0.25, 0.3) is 0 Å². The Labute approximate surface area is 177 Å². The van der Waals surface area contributed by atoms with Crippen LogP contribution in [0.5, 0.6) is 5.75 Å². The van der Waals surface area contributed by atoms with Gasteiger partial charge in [-0.3, -0.25) is 4.90 Å². The molecule has 0 aromatic heterocycles. The molecule has 3 aliphatic rings. The van der Waals surface area contributed by atoms with Gasteiger partial charge in [0.05, 0.1) is 18.4 Å². The van der Waals surface area contributed by atoms with Gasteiger partial charge in [0.25, 0.3) is 0 Å². The van der Waals surface area contributed by atoms with Crippen LogP contribution < -0.4 is 9.64 Å². The van der Waals surface area contributed by atoms with E-state index in [1.54, 1.807) is 7.11 Å². The van der Waals surface area contributed by atoms with Gasteiger partial charge in [0.2, 0.25) is 0 Å². The number of hydrogen-bond acceptors (Lipinski definition) is 4. The summed E-state index contributed by atoms with van der Waals surface area (Å²) < 4.78 is 5.56. The first-order valence-electron chi connectivity index (χ1n) is 12.0. The van der Waals surface area contributed by atoms with Crippen molar-refractivity contribution in [3.05, 3.63) is 24.3 Å². The Kier molecular flexibility index (Phi) is 7.02. The van der Waals surface area contributed by atoms with Gasteiger partial charge in [-0.15, -0.1) is 0 Å². The van der Waals surface area contributed by atoms with Crippen molar-refractivity contribution in [2.24, 2.45) is 11.8 Å². The van der Waals surface area contributed by atoms with E-state index < -0.39 is 5.60 Å². The Hall–Kier alpha value is -1.26. The van der Waals surface area contributed by atoms with Crippen LogP contribution in [0.3, 0.4) is 0 Å². The fourth-order valence-corrected chi connectivity index (χ4v) is 6.09. The molecule has 1 aromatic rings. The molecule has 4 rings (SSSR count). The molecular weight excluding hydrogens is 360 g/mol. The van der Waals surface area contributed by atoms with E-state index in [0.717, 1.165) is 57.2 Å². The third-order valence-corrected chi connectivity index (χ3v) is 7.82. The average molecular weight is 401 g/mol. The maximum absolute atomic E-state index is 11.7. The van der Waals surface area contributed by atoms with Crippen molar-refractivity contribution in [2.45, 2.75) is 69.8 Å². The molecule has 2 atom stereocenters. The van der Waals surface area contributed by atoms with Crippen molar-refractivity contribution < 1.29 is 9.84 Å². The Morgan fingerprint density at radius 3 is 2.45 bits per heavy atom. The van der Waals surface area contributed by atoms with Crippen molar-refractivity contribution in [1.29, 1.82) is 0 Å². The number of rotatable bonds is 6. The normalized spacial score (nSPS) is 29.7. The highest BCUT2D eigenvalue weighted by Gasteiger charge is 2.41. The number of nitrogens with zero attached hydrogens (tertiary/aromatic N) is 2. The predicted molar refractivity (Wildman–Crippen MR) is 120 cm³/mol. The van der Waals surface area contributed by atoms with Crippen LogP contribution in [0.2, 0.25) is 0 Å². The van der Waals surface area contributed by atoms with Crippen molar-refractivity contribution in [1.82, 2.24) is 4.90 Å². The fraction of sp³-hybridized carbons (Fsp3) is 0.760. The van der Waals surface area contributed by atoms with Gasteiger partial charge in [0.1, 0.15) is 5.75 Å². The van der Waals surface area contributed by atoms with Crippen molar-refractivity contribution in [3.8, 4) is 5.75 Å². The Balaban J connectivity index is 1.33. The number of methoxy groups -OCH3 is 1. The number of ether oxygens (including phenoxy) is 1. The standard InChI is InChI=1S/C25H40N2O2/c1-29-24-13-6-5-12-23(24)27-17-15-26(16-18-27)20-22-11-7-8-14-25(22,28)19-21-9-3-2-4-10-21/h5-6,12-13,21-22,28H,2-4,7-11,14-20H2,1H3. The van der Waals surface area contributed by atoms with Gasteiger partial charge in [-0.05, 0) is 37.3 Å². The predicted octanol–water partition coefficient (Wildman–Crippen LogP) is 4.71. The topological polar surface area (TPSA) is 35.9 Å². The number of anilines is 1. The van der Waals surface area contributed by atoms with E-state index in [9.17, 15) is 5.11 Å². The first kappa shape index (κ1) is 21.0. The Bertz CT molecular complexity index is 637. The number of piperazine rings is 1. The third kappa shape index (κ3) is 5.08. The van der Waals surface area contributed by atoms with E-state index in [1.165, 1.54) is 57.1 Å².